The molecule has 0 amide bonds. The highest BCUT2D eigenvalue weighted by atomic mass is 32.2. The molecule has 2 saturated heterocycles. The first-order chi connectivity index (χ1) is 29.1. The first kappa shape index (κ1) is 48.6. The lowest BCUT2D eigenvalue weighted by Crippen LogP contribution is -2.40. The molecule has 0 aliphatic carbocycles. The summed E-state index contributed by atoms with van der Waals surface area (Å²) in [5.74, 6) is -0.263. The molecule has 32 heteroatoms. The number of benzene rings is 2. The Morgan fingerprint density at radius 2 is 0.968 bits per heavy atom. The molecule has 2 aromatic carbocycles. The molecule has 28 nitrogen and oxygen atoms in total. The highest BCUT2D eigenvalue weighted by Gasteiger charge is 2.36. The summed E-state index contributed by atoms with van der Waals surface area (Å²) in [4.78, 5) is 1.19. The van der Waals surface area contributed by atoms with E-state index in [1.165, 1.54) is 12.1 Å². The summed E-state index contributed by atoms with van der Waals surface area (Å²) >= 11 is 0. The Balaban J connectivity index is 0.000000234. The summed E-state index contributed by atoms with van der Waals surface area (Å²) in [6.45, 7) is 0.875. The number of sulfonamides is 4. The molecule has 0 spiro atoms. The molecule has 4 heterocycles. The van der Waals surface area contributed by atoms with Crippen LogP contribution in [0.25, 0.3) is 22.8 Å². The Hall–Kier alpha value is -4.42. The number of piperidine rings is 2. The van der Waals surface area contributed by atoms with Crippen molar-refractivity contribution in [3.8, 4) is 22.8 Å². The number of tetrazole rings is 2. The third kappa shape index (κ3) is 11.6. The molecule has 4 aromatic rings. The second-order valence-corrected chi connectivity index (χ2v) is 20.7. The van der Waals surface area contributed by atoms with Crippen LogP contribution in [-0.2, 0) is 40.1 Å². The molecular formula is C30H50N18O10S4. The first-order valence-corrected chi connectivity index (χ1v) is 24.8. The van der Waals surface area contributed by atoms with Crippen molar-refractivity contribution in [3.63, 3.8) is 0 Å². The van der Waals surface area contributed by atoms with Crippen LogP contribution in [-0.4, -0.2) is 162 Å². The monoisotopic (exact) mass is 950 g/mol. The number of hydrogen-bond acceptors (Lipinski definition) is 22. The Labute approximate surface area is 356 Å². The quantitative estimate of drug-likeness (QED) is 0.0497. The van der Waals surface area contributed by atoms with Gasteiger partial charge in [-0.1, -0.05) is 0 Å². The van der Waals surface area contributed by atoms with Gasteiger partial charge in [0.2, 0.25) is 51.7 Å². The fourth-order valence-corrected chi connectivity index (χ4v) is 11.9. The lowest BCUT2D eigenvalue weighted by Gasteiger charge is -2.33. The number of H-pyrrole nitrogens is 2. The molecule has 18 N–H and O–H groups in total. The minimum absolute atomic E-state index is 0.0143. The van der Waals surface area contributed by atoms with Gasteiger partial charge in [0.1, 0.15) is 19.6 Å². The molecule has 0 unspecified atom stereocenters. The molecular weight excluding hydrogens is 901 g/mol. The third-order valence-corrected chi connectivity index (χ3v) is 15.0. The number of aliphatic hydroxyl groups is 2. The van der Waals surface area contributed by atoms with Gasteiger partial charge in [-0.25, -0.2) is 53.4 Å². The van der Waals surface area contributed by atoms with Crippen molar-refractivity contribution in [1.82, 2.24) is 50.7 Å². The van der Waals surface area contributed by atoms with Crippen LogP contribution in [0.15, 0.2) is 43.8 Å². The van der Waals surface area contributed by atoms with Gasteiger partial charge in [-0.2, -0.15) is 10.4 Å². The van der Waals surface area contributed by atoms with Crippen molar-refractivity contribution in [2.45, 2.75) is 69.6 Å². The van der Waals surface area contributed by atoms with E-state index >= 15 is 0 Å². The molecule has 2 aromatic heterocycles. The number of hydrogen-bond donors (Lipinski definition) is 12. The summed E-state index contributed by atoms with van der Waals surface area (Å²) in [6, 6.07) is 5.24. The van der Waals surface area contributed by atoms with E-state index in [0.29, 0.717) is 63.2 Å². The van der Waals surface area contributed by atoms with Crippen molar-refractivity contribution >= 4 is 51.5 Å². The topological polar surface area (TPSA) is 473 Å². The van der Waals surface area contributed by atoms with Crippen LogP contribution < -0.4 is 52.5 Å². The summed E-state index contributed by atoms with van der Waals surface area (Å²) in [7, 11) is -17.9. The molecule has 2 aliphatic heterocycles. The van der Waals surface area contributed by atoms with Crippen LogP contribution >= 0.6 is 0 Å². The maximum atomic E-state index is 12.9. The second kappa shape index (κ2) is 20.0. The minimum Gasteiger partial charge on any atom is -0.390 e. The number of nitrogens with one attached hydrogen (secondary N) is 4. The molecule has 2 fully saturated rings. The van der Waals surface area contributed by atoms with Gasteiger partial charge in [0.15, 0.2) is 0 Å². The van der Waals surface area contributed by atoms with E-state index in [-0.39, 0.29) is 47.9 Å². The molecule has 2 aliphatic rings. The third-order valence-electron chi connectivity index (χ3n) is 9.81. The predicted molar refractivity (Wildman–Crippen MR) is 221 cm³/mol. The summed E-state index contributed by atoms with van der Waals surface area (Å²) in [5.41, 5.74) is 23.1. The van der Waals surface area contributed by atoms with Gasteiger partial charge in [0, 0.05) is 75.8 Å². The minimum atomic E-state index is -4.57. The van der Waals surface area contributed by atoms with Crippen LogP contribution in [0.4, 0.5) is 11.4 Å². The first-order valence-electron chi connectivity index (χ1n) is 18.7. The molecule has 0 saturated carbocycles. The van der Waals surface area contributed by atoms with E-state index in [2.05, 4.69) is 50.7 Å². The van der Waals surface area contributed by atoms with Gasteiger partial charge in [0.05, 0.1) is 23.3 Å². The van der Waals surface area contributed by atoms with Gasteiger partial charge >= 0.3 is 0 Å². The molecule has 0 radical (unpaired) electrons. The van der Waals surface area contributed by atoms with Crippen LogP contribution in [0.3, 0.4) is 0 Å². The number of aromatic nitrogens is 8. The fourth-order valence-electron chi connectivity index (χ4n) is 6.60. The number of rotatable bonds is 16. The zero-order chi connectivity index (χ0) is 45.6. The van der Waals surface area contributed by atoms with Gasteiger partial charge in [-0.05, 0) is 60.4 Å². The van der Waals surface area contributed by atoms with E-state index in [1.807, 2.05) is 9.80 Å². The van der Waals surface area contributed by atoms with E-state index in [4.69, 9.17) is 33.2 Å². The van der Waals surface area contributed by atoms with Crippen molar-refractivity contribution in [2.24, 2.45) is 33.2 Å². The predicted octanol–water partition coefficient (Wildman–Crippen LogP) is -5.92. The van der Waals surface area contributed by atoms with Crippen molar-refractivity contribution in [1.29, 1.82) is 0 Å². The Morgan fingerprint density at radius 3 is 1.24 bits per heavy atom. The molecule has 62 heavy (non-hydrogen) atoms. The van der Waals surface area contributed by atoms with Crippen LogP contribution in [0, 0.1) is 0 Å². The highest BCUT2D eigenvalue weighted by Crippen LogP contribution is 2.40. The molecule has 2 atom stereocenters. The average Bonchev–Trinajstić information content (AvgIpc) is 3.97. The number of aromatic amines is 2. The van der Waals surface area contributed by atoms with Crippen LogP contribution in [0.2, 0.25) is 0 Å². The SMILES string of the molecule is NC[C@@H](O)CNS(=O)(=O)c1ccc(N2CCC(N)CC2)c(-c2nn[nH]n2)c1S(N)(=O)=O.NC[C@@H](O)CNS(=O)(=O)c1ccc(N2CCC(N)CC2)c(-c2nn[nH]n2)c1S(N)(=O)=O. The summed E-state index contributed by atoms with van der Waals surface area (Å²) in [5, 5.41) is 56.9. The Kier molecular flexibility index (Phi) is 15.6. The van der Waals surface area contributed by atoms with Crippen LogP contribution in [0.5, 0.6) is 0 Å². The summed E-state index contributed by atoms with van der Waals surface area (Å²) in [6.07, 6.45) is 0.343. The largest absolute Gasteiger partial charge is 0.390 e. The van der Waals surface area contributed by atoms with Crippen molar-refractivity contribution in [2.75, 3.05) is 62.2 Å². The lowest BCUT2D eigenvalue weighted by atomic mass is 10.0. The molecule has 0 bridgehead atoms. The zero-order valence-electron chi connectivity index (χ0n) is 32.9. The van der Waals surface area contributed by atoms with E-state index in [9.17, 15) is 43.9 Å². The maximum Gasteiger partial charge on any atom is 0.242 e. The van der Waals surface area contributed by atoms with Crippen LogP contribution in [0.1, 0.15) is 25.7 Å². The maximum absolute atomic E-state index is 12.9. The second-order valence-electron chi connectivity index (χ2n) is 14.3. The van der Waals surface area contributed by atoms with Crippen molar-refractivity contribution in [3.05, 3.63) is 24.3 Å². The molecule has 6 rings (SSSR count). The smallest absolute Gasteiger partial charge is 0.242 e. The van der Waals surface area contributed by atoms with E-state index in [0.717, 1.165) is 12.1 Å². The number of primary sulfonamides is 2. The number of anilines is 2. The van der Waals surface area contributed by atoms with E-state index in [1.54, 1.807) is 0 Å². The van der Waals surface area contributed by atoms with Gasteiger partial charge in [0.25, 0.3) is 0 Å². The molecule has 344 valence electrons. The van der Waals surface area contributed by atoms with Crippen molar-refractivity contribution < 1.29 is 43.9 Å². The average molecular weight is 951 g/mol. The standard InChI is InChI=1S/2C15H25N9O5S2/c2*16-7-10(25)8-19-31(28,29)12-2-1-11(24-5-3-9(17)4-6-24)13(14(12)30(18,26)27)15-20-22-23-21-15/h2*1-2,9-10,19,25H,3-8,16-17H2,(H2,18,26,27)(H,20,21,22,23)/t2*10-/m11/s1. The Bertz CT molecular complexity index is 2410. The lowest BCUT2D eigenvalue weighted by molar-refractivity contribution is 0.186. The Morgan fingerprint density at radius 1 is 0.629 bits per heavy atom. The number of aliphatic hydroxyl groups excluding tert-OH is 2. The highest BCUT2D eigenvalue weighted by molar-refractivity contribution is 7.93. The number of nitrogens with zero attached hydrogens (tertiary/aromatic N) is 8. The van der Waals surface area contributed by atoms with Gasteiger partial charge in [-0.15, -0.1) is 20.4 Å². The normalized spacial score (nSPS) is 17.1. The summed E-state index contributed by atoms with van der Waals surface area (Å²) < 4.78 is 106. The number of nitrogens with two attached hydrogens (primary N) is 6. The fraction of sp³-hybridized carbons (Fsp3) is 0.533. The van der Waals surface area contributed by atoms with Gasteiger partial charge in [-0.3, -0.25) is 0 Å². The van der Waals surface area contributed by atoms with Gasteiger partial charge < -0.3 is 42.9 Å². The zero-order valence-corrected chi connectivity index (χ0v) is 36.2. The van der Waals surface area contributed by atoms with E-state index < -0.39 is 85.0 Å².